The smallest absolute Gasteiger partial charge is 0.00981 e. The van der Waals surface area contributed by atoms with Crippen molar-refractivity contribution in [2.75, 3.05) is 19.6 Å². The van der Waals surface area contributed by atoms with Crippen LogP contribution in [0.25, 0.3) is 0 Å². The van der Waals surface area contributed by atoms with Gasteiger partial charge in [0.25, 0.3) is 0 Å². The van der Waals surface area contributed by atoms with E-state index in [0.29, 0.717) is 0 Å². The average Bonchev–Trinajstić information content (AvgIpc) is 2.43. The second-order valence-corrected chi connectivity index (χ2v) is 7.13. The Kier molecular flexibility index (Phi) is 5.17. The molecule has 2 saturated carbocycles. The zero-order valence-corrected chi connectivity index (χ0v) is 12.6. The normalized spacial score (nSPS) is 27.6. The van der Waals surface area contributed by atoms with Gasteiger partial charge in [-0.1, -0.05) is 38.5 Å². The molecule has 0 bridgehead atoms. The summed E-state index contributed by atoms with van der Waals surface area (Å²) >= 11 is 0. The summed E-state index contributed by atoms with van der Waals surface area (Å²) in [7, 11) is 0. The molecular weight excluding hydrogens is 232 g/mol. The summed E-state index contributed by atoms with van der Waals surface area (Å²) in [6.45, 7) is 3.95. The number of hydrogen-bond donors (Lipinski definition) is 1. The first-order valence-corrected chi connectivity index (χ1v) is 8.90. The van der Waals surface area contributed by atoms with Crippen LogP contribution in [0, 0.1) is 5.92 Å². The van der Waals surface area contributed by atoms with Gasteiger partial charge in [-0.3, -0.25) is 4.90 Å². The van der Waals surface area contributed by atoms with Gasteiger partial charge in [-0.15, -0.1) is 0 Å². The Morgan fingerprint density at radius 2 is 1.26 bits per heavy atom. The highest BCUT2D eigenvalue weighted by molar-refractivity contribution is 4.85. The fourth-order valence-corrected chi connectivity index (χ4v) is 4.37. The third kappa shape index (κ3) is 3.72. The molecule has 0 amide bonds. The first-order chi connectivity index (χ1) is 9.43. The molecule has 0 aromatic rings. The second-order valence-electron chi connectivity index (χ2n) is 7.13. The molecule has 0 radical (unpaired) electrons. The monoisotopic (exact) mass is 264 g/mol. The van der Waals surface area contributed by atoms with Crippen LogP contribution in [-0.2, 0) is 0 Å². The zero-order chi connectivity index (χ0) is 12.9. The summed E-state index contributed by atoms with van der Waals surface area (Å²) in [5.74, 6) is 0.981. The van der Waals surface area contributed by atoms with Gasteiger partial charge in [0, 0.05) is 12.1 Å². The van der Waals surface area contributed by atoms with Crippen molar-refractivity contribution in [3.8, 4) is 0 Å². The lowest BCUT2D eigenvalue weighted by Crippen LogP contribution is -2.48. The lowest BCUT2D eigenvalue weighted by molar-refractivity contribution is 0.0711. The van der Waals surface area contributed by atoms with Crippen LogP contribution in [0.4, 0.5) is 0 Å². The van der Waals surface area contributed by atoms with E-state index in [9.17, 15) is 0 Å². The van der Waals surface area contributed by atoms with E-state index in [-0.39, 0.29) is 0 Å². The molecule has 2 nitrogen and oxygen atoms in total. The number of hydrogen-bond acceptors (Lipinski definition) is 2. The van der Waals surface area contributed by atoms with Gasteiger partial charge in [0.2, 0.25) is 0 Å². The van der Waals surface area contributed by atoms with E-state index < -0.39 is 0 Å². The molecule has 1 saturated heterocycles. The molecule has 0 aromatic carbocycles. The maximum Gasteiger partial charge on any atom is 0.00981 e. The van der Waals surface area contributed by atoms with Gasteiger partial charge in [-0.05, 0) is 57.7 Å². The first kappa shape index (κ1) is 13.9. The summed E-state index contributed by atoms with van der Waals surface area (Å²) in [6, 6.07) is 1.87. The fraction of sp³-hybridized carbons (Fsp3) is 1.00. The molecular formula is C17H32N2. The minimum atomic E-state index is 0.935. The van der Waals surface area contributed by atoms with Gasteiger partial charge in [0.15, 0.2) is 0 Å². The van der Waals surface area contributed by atoms with Crippen molar-refractivity contribution < 1.29 is 0 Å². The highest BCUT2D eigenvalue weighted by Crippen LogP contribution is 2.30. The molecule has 0 spiro atoms. The molecule has 3 fully saturated rings. The number of nitrogens with one attached hydrogen (secondary N) is 1. The predicted octanol–water partition coefficient (Wildman–Crippen LogP) is 3.56. The highest BCUT2D eigenvalue weighted by Gasteiger charge is 2.29. The molecule has 1 heterocycles. The molecule has 2 aliphatic carbocycles. The minimum absolute atomic E-state index is 0.935. The molecule has 0 aromatic heterocycles. The molecule has 19 heavy (non-hydrogen) atoms. The topological polar surface area (TPSA) is 15.3 Å². The van der Waals surface area contributed by atoms with Gasteiger partial charge in [-0.2, -0.15) is 0 Å². The maximum absolute atomic E-state index is 3.43. The van der Waals surface area contributed by atoms with Crippen LogP contribution in [0.1, 0.15) is 70.6 Å². The van der Waals surface area contributed by atoms with E-state index in [1.165, 1.54) is 90.3 Å². The van der Waals surface area contributed by atoms with Crippen molar-refractivity contribution in [2.45, 2.75) is 82.7 Å². The van der Waals surface area contributed by atoms with Gasteiger partial charge in [0.05, 0.1) is 0 Å². The van der Waals surface area contributed by atoms with E-state index >= 15 is 0 Å². The zero-order valence-electron chi connectivity index (χ0n) is 12.6. The third-order valence-electron chi connectivity index (χ3n) is 5.75. The first-order valence-electron chi connectivity index (χ1n) is 8.90. The van der Waals surface area contributed by atoms with Crippen molar-refractivity contribution in [1.82, 2.24) is 10.2 Å². The van der Waals surface area contributed by atoms with E-state index in [1.807, 2.05) is 0 Å². The van der Waals surface area contributed by atoms with Crippen LogP contribution >= 0.6 is 0 Å². The lowest BCUT2D eigenvalue weighted by atomic mass is 9.87. The van der Waals surface area contributed by atoms with Crippen LogP contribution in [0.15, 0.2) is 0 Å². The molecule has 2 heteroatoms. The maximum atomic E-state index is 3.43. The van der Waals surface area contributed by atoms with Crippen molar-refractivity contribution in [3.05, 3.63) is 0 Å². The summed E-state index contributed by atoms with van der Waals surface area (Å²) < 4.78 is 0. The third-order valence-corrected chi connectivity index (χ3v) is 5.75. The summed E-state index contributed by atoms with van der Waals surface area (Å²) in [5, 5.41) is 3.43. The average molecular weight is 264 g/mol. The van der Waals surface area contributed by atoms with Gasteiger partial charge in [-0.25, -0.2) is 0 Å². The highest BCUT2D eigenvalue weighted by atomic mass is 15.2. The Morgan fingerprint density at radius 3 is 1.68 bits per heavy atom. The standard InChI is InChI=1S/C17H32N2/c1-3-7-16(8-4-1)19(12-11-15-13-18-14-15)17-9-5-2-6-10-17/h15-18H,1-14H2. The van der Waals surface area contributed by atoms with Crippen LogP contribution in [0.5, 0.6) is 0 Å². The lowest BCUT2D eigenvalue weighted by Gasteiger charge is -2.43. The van der Waals surface area contributed by atoms with Crippen LogP contribution < -0.4 is 5.32 Å². The van der Waals surface area contributed by atoms with Gasteiger partial charge in [0.1, 0.15) is 0 Å². The number of rotatable bonds is 5. The van der Waals surface area contributed by atoms with Gasteiger partial charge >= 0.3 is 0 Å². The van der Waals surface area contributed by atoms with Gasteiger partial charge < -0.3 is 5.32 Å². The Bertz CT molecular complexity index is 232. The van der Waals surface area contributed by atoms with E-state index in [4.69, 9.17) is 0 Å². The Hall–Kier alpha value is -0.0800. The number of nitrogens with zero attached hydrogens (tertiary/aromatic N) is 1. The van der Waals surface area contributed by atoms with Crippen molar-refractivity contribution in [3.63, 3.8) is 0 Å². The predicted molar refractivity (Wildman–Crippen MR) is 81.4 cm³/mol. The quantitative estimate of drug-likeness (QED) is 0.817. The van der Waals surface area contributed by atoms with Crippen molar-refractivity contribution >= 4 is 0 Å². The van der Waals surface area contributed by atoms with Crippen LogP contribution in [0.3, 0.4) is 0 Å². The fourth-order valence-electron chi connectivity index (χ4n) is 4.37. The summed E-state index contributed by atoms with van der Waals surface area (Å²) in [6.07, 6.45) is 16.3. The molecule has 1 N–H and O–H groups in total. The van der Waals surface area contributed by atoms with E-state index in [2.05, 4.69) is 10.2 Å². The largest absolute Gasteiger partial charge is 0.316 e. The summed E-state index contributed by atoms with van der Waals surface area (Å²) in [4.78, 5) is 2.97. The van der Waals surface area contributed by atoms with Crippen molar-refractivity contribution in [1.29, 1.82) is 0 Å². The van der Waals surface area contributed by atoms with Crippen molar-refractivity contribution in [2.24, 2.45) is 5.92 Å². The van der Waals surface area contributed by atoms with E-state index in [1.54, 1.807) is 0 Å². The SMILES string of the molecule is C1CCC(N(CCC2CNC2)C2CCCCC2)CC1. The second kappa shape index (κ2) is 7.08. The molecule has 0 unspecified atom stereocenters. The molecule has 3 aliphatic rings. The summed E-state index contributed by atoms with van der Waals surface area (Å²) in [5.41, 5.74) is 0. The van der Waals surface area contributed by atoms with E-state index in [0.717, 1.165) is 18.0 Å². The van der Waals surface area contributed by atoms with Crippen LogP contribution in [-0.4, -0.2) is 36.6 Å². The molecule has 0 atom stereocenters. The van der Waals surface area contributed by atoms with Crippen LogP contribution in [0.2, 0.25) is 0 Å². The molecule has 1 aliphatic heterocycles. The Balaban J connectivity index is 1.55. The molecule has 3 rings (SSSR count). The minimum Gasteiger partial charge on any atom is -0.316 e. The Labute approximate surface area is 119 Å². The Morgan fingerprint density at radius 1 is 0.737 bits per heavy atom. The molecule has 110 valence electrons.